The minimum atomic E-state index is -10.3. The molecule has 1 aliphatic heterocycles. The van der Waals surface area contributed by atoms with Gasteiger partial charge in [0.25, 0.3) is 0 Å². The molecule has 1 unspecified atom stereocenters. The lowest BCUT2D eigenvalue weighted by atomic mass is 9.86. The topological polar surface area (TPSA) is 84.9 Å². The molecule has 0 spiro atoms. The molecule has 0 fully saturated rings. The lowest BCUT2D eigenvalue weighted by Crippen LogP contribution is -2.77. The van der Waals surface area contributed by atoms with Gasteiger partial charge in [-0.25, -0.2) is 14.4 Å². The minimum Gasteiger partial charge on any atom is -0.466 e. The molecule has 1 aliphatic rings. The van der Waals surface area contributed by atoms with E-state index < -0.39 is 314 Å². The number of esters is 2. The molecule has 5 rings (SSSR count). The largest absolute Gasteiger partial charge is 0.466 e. The van der Waals surface area contributed by atoms with Crippen LogP contribution < -0.4 is 10.5 Å². The Kier molecular flexibility index (Phi) is 31.2. The van der Waals surface area contributed by atoms with E-state index in [0.29, 0.717) is 28.3 Å². The number of aryl methyl sites for hydroxylation is 1. The van der Waals surface area contributed by atoms with Crippen LogP contribution in [-0.2, 0) is 20.7 Å². The maximum atomic E-state index is 16.2. The van der Waals surface area contributed by atoms with Gasteiger partial charge in [-0.3, -0.25) is 4.90 Å². The first-order chi connectivity index (χ1) is 61.5. The van der Waals surface area contributed by atoms with E-state index in [9.17, 15) is 186 Å². The third-order valence-corrected chi connectivity index (χ3v) is 26.4. The van der Waals surface area contributed by atoms with Gasteiger partial charge < -0.3 is 14.8 Å². The summed E-state index contributed by atoms with van der Waals surface area (Å²) in [6.07, 6.45) is -42.2. The Bertz CT molecular complexity index is 4820. The third-order valence-electron chi connectivity index (χ3n) is 21.2. The SMILES string of the molecule is COC(=O)C1=C(CCc2ccccc2)N(CCOC(=O)c2ccc([Si](CCC(F)(F)C(F)(F)C(F)(F)C(F)(F)C(F)(F)C(F)(F)C(F)(F)C(F)(F)C(F)(F)C(F)(F)F)(CCC(F)(F)C(F)(F)C(F)(F)C(F)(F)C(F)(F)C(F)(F)C(F)(F)C(F)(F)C(F)(F)C(F)(F)F)CCC(F)(F)C(F)(F)C(F)(F)C(F)(F)C(F)(F)C(F)(F)C(F)(F)C(F)(F)C(F)(F)C(F)(F)F)cc2)C(=O)NC1c1ccc2ccccc2c1. The van der Waals surface area contributed by atoms with Crippen molar-refractivity contribution < 1.29 is 300 Å². The van der Waals surface area contributed by atoms with E-state index in [2.05, 4.69) is 5.32 Å². The van der Waals surface area contributed by atoms with Gasteiger partial charge in [-0.1, -0.05) is 84.0 Å². The van der Waals surface area contributed by atoms with Crippen molar-refractivity contribution in [2.24, 2.45) is 0 Å². The second-order valence-corrected chi connectivity index (χ2v) is 34.5. The summed E-state index contributed by atoms with van der Waals surface area (Å²) in [6.45, 7) is -2.90. The maximum Gasteiger partial charge on any atom is 0.460 e. The summed E-state index contributed by atoms with van der Waals surface area (Å²) in [6, 6.07) is -2.73. The number of nitrogens with zero attached hydrogens (tertiary/aromatic N) is 1. The number of fused-ring (bicyclic) bond motifs is 1. The predicted octanol–water partition coefficient (Wildman–Crippen LogP) is 27.5. The number of benzene rings is 4. The van der Waals surface area contributed by atoms with E-state index in [1.54, 1.807) is 0 Å². The van der Waals surface area contributed by atoms with Gasteiger partial charge in [0.15, 0.2) is 0 Å². The highest BCUT2D eigenvalue weighted by molar-refractivity contribution is 6.92. The van der Waals surface area contributed by atoms with Crippen molar-refractivity contribution in [3.8, 4) is 0 Å². The second kappa shape index (κ2) is 36.0. The number of amides is 2. The summed E-state index contributed by atoms with van der Waals surface area (Å²) in [5.41, 5.74) is -2.64. The molecule has 0 saturated carbocycles. The van der Waals surface area contributed by atoms with Crippen molar-refractivity contribution >= 4 is 42.0 Å². The van der Waals surface area contributed by atoms with Crippen LogP contribution in [0.2, 0.25) is 18.1 Å². The van der Waals surface area contributed by atoms with Gasteiger partial charge in [0.1, 0.15) is 6.61 Å². The highest BCUT2D eigenvalue weighted by Gasteiger charge is 3.02. The molecule has 0 aliphatic carbocycles. The van der Waals surface area contributed by atoms with Crippen molar-refractivity contribution in [1.29, 1.82) is 0 Å². The van der Waals surface area contributed by atoms with Gasteiger partial charge in [-0.2, -0.15) is 277 Å². The van der Waals surface area contributed by atoms with E-state index in [1.165, 1.54) is 72.8 Å². The Hall–Kier alpha value is -9.10. The van der Waals surface area contributed by atoms with Crippen LogP contribution in [0.1, 0.15) is 53.2 Å². The van der Waals surface area contributed by atoms with E-state index >= 15 is 105 Å². The molecular weight excluding hydrogens is 2160 g/mol. The van der Waals surface area contributed by atoms with E-state index in [4.69, 9.17) is 9.47 Å². The molecule has 0 saturated heterocycles. The number of halogens is 63. The van der Waals surface area contributed by atoms with Crippen molar-refractivity contribution in [3.05, 3.63) is 125 Å². The Morgan fingerprint density at radius 3 is 0.850 bits per heavy atom. The number of urea groups is 1. The van der Waals surface area contributed by atoms with E-state index in [1.807, 2.05) is 0 Å². The first kappa shape index (κ1) is 121. The quantitative estimate of drug-likeness (QED) is 0.0271. The molecule has 1 heterocycles. The summed E-state index contributed by atoms with van der Waals surface area (Å²) in [4.78, 5) is 42.0. The van der Waals surface area contributed by atoms with Gasteiger partial charge in [-0.15, -0.1) is 0 Å². The number of rotatable bonds is 43. The molecule has 0 radical (unpaired) electrons. The number of methoxy groups -OCH3 is 1. The number of carbonyl (C=O) groups excluding carboxylic acids is 3. The summed E-state index contributed by atoms with van der Waals surface area (Å²) >= 11 is 0. The Balaban J connectivity index is 1.92. The average molecular weight is 2200 g/mol. The van der Waals surface area contributed by atoms with E-state index in [0.717, 1.165) is 0 Å². The molecule has 71 heteroatoms. The monoisotopic (exact) mass is 2200 g/mol. The molecule has 0 bridgehead atoms. The van der Waals surface area contributed by atoms with Gasteiger partial charge in [-0.05, 0) is 71.1 Å². The lowest BCUT2D eigenvalue weighted by molar-refractivity contribution is -0.474. The van der Waals surface area contributed by atoms with Crippen LogP contribution in [0.25, 0.3) is 10.8 Å². The summed E-state index contributed by atoms with van der Waals surface area (Å²) < 4.78 is 929. The summed E-state index contributed by atoms with van der Waals surface area (Å²) in [7, 11) is -7.83. The third kappa shape index (κ3) is 17.8. The van der Waals surface area contributed by atoms with E-state index in [-0.39, 0.29) is 12.0 Å². The standard InChI is InChI=1S/C69H41F63N2O5Si/c1-138-38(136)35-34(18-11-28-7-3-2-4-8-28)134(39(137)133-36(35)32-13-12-29-9-5-6-10-31(29)27-32)22-23-139-37(135)30-14-16-33(17-15-30)140(24-19-40(70,71)43(76,77)46(82,83)49(88,89)52(94,95)55(100,101)58(106,107)61(112,113)64(118,119)67(124,125)126,25-20-41(72,73)44(78,79)47(84,85)50(90,91)53(96,97)56(102,103)59(108,109)62(114,115)65(120,121)68(127,128)129)26-21-42(74,75)45(80,81)48(86,87)51(92,93)54(98,99)57(104,105)60(110,111)63(116,117)66(122,123)69(130,131)132/h2-10,12-17,27,36H,11,18-26H2,1H3,(H,133,137). The Morgan fingerprint density at radius 1 is 0.307 bits per heavy atom. The zero-order chi connectivity index (χ0) is 111. The van der Waals surface area contributed by atoms with Crippen LogP contribution in [0.5, 0.6) is 0 Å². The number of hydrogen-bond acceptors (Lipinski definition) is 5. The van der Waals surface area contributed by atoms with Crippen LogP contribution in [0.4, 0.5) is 281 Å². The Labute approximate surface area is 732 Å². The molecule has 7 nitrogen and oxygen atoms in total. The number of carbonyl (C=O) groups is 3. The number of hydrogen-bond donors (Lipinski definition) is 1. The second-order valence-electron chi connectivity index (χ2n) is 29.9. The maximum absolute atomic E-state index is 16.2. The fraction of sp³-hybridized carbons (Fsp3) is 0.609. The molecule has 4 aromatic carbocycles. The number of alkyl halides is 63. The van der Waals surface area contributed by atoms with Gasteiger partial charge in [0, 0.05) is 25.0 Å². The highest BCUT2D eigenvalue weighted by atomic mass is 28.3. The normalized spacial score (nSPS) is 16.9. The van der Waals surface area contributed by atoms with Gasteiger partial charge in [0.2, 0.25) is 0 Å². The molecule has 140 heavy (non-hydrogen) atoms. The van der Waals surface area contributed by atoms with Crippen LogP contribution in [0.15, 0.2) is 108 Å². The summed E-state index contributed by atoms with van der Waals surface area (Å²) in [5, 5.41) is 0.217. The minimum absolute atomic E-state index is 0.00205. The summed E-state index contributed by atoms with van der Waals surface area (Å²) in [5.74, 6) is -270. The lowest BCUT2D eigenvalue weighted by Gasteiger charge is -2.45. The number of nitrogens with one attached hydrogen (secondary N) is 1. The molecule has 0 aromatic heterocycles. The molecule has 2 amide bonds. The van der Waals surface area contributed by atoms with Gasteiger partial charge in [0.05, 0.1) is 38.9 Å². The zero-order valence-electron chi connectivity index (χ0n) is 65.7. The van der Waals surface area contributed by atoms with Crippen LogP contribution >= 0.6 is 0 Å². The first-order valence-corrected chi connectivity index (χ1v) is 38.3. The number of allylic oxidation sites excluding steroid dienone is 1. The average Bonchev–Trinajstić information content (AvgIpc) is 0.690. The molecule has 802 valence electrons. The Morgan fingerprint density at radius 2 is 0.571 bits per heavy atom. The fourth-order valence-electron chi connectivity index (χ4n) is 12.6. The number of ether oxygens (including phenoxy) is 2. The van der Waals surface area contributed by atoms with Crippen LogP contribution in [0.3, 0.4) is 0 Å². The van der Waals surface area contributed by atoms with Crippen molar-refractivity contribution in [2.75, 3.05) is 20.3 Å². The molecule has 4 aromatic rings. The smallest absolute Gasteiger partial charge is 0.460 e. The van der Waals surface area contributed by atoms with Crippen molar-refractivity contribution in [3.63, 3.8) is 0 Å². The fourth-order valence-corrected chi connectivity index (χ4v) is 17.5. The first-order valence-electron chi connectivity index (χ1n) is 35.6. The van der Waals surface area contributed by atoms with Crippen molar-refractivity contribution in [1.82, 2.24) is 10.2 Å². The van der Waals surface area contributed by atoms with Gasteiger partial charge >= 0.3 is 196 Å². The molecular formula is C69H41F63N2O5Si. The molecule has 1 atom stereocenters. The van der Waals surface area contributed by atoms with Crippen LogP contribution in [-0.4, -0.2) is 230 Å². The molecule has 1 N–H and O–H groups in total. The van der Waals surface area contributed by atoms with Crippen LogP contribution in [0, 0.1) is 0 Å². The highest BCUT2D eigenvalue weighted by Crippen LogP contribution is 2.72. The van der Waals surface area contributed by atoms with Crippen molar-refractivity contribution in [2.45, 2.75) is 235 Å². The zero-order valence-corrected chi connectivity index (χ0v) is 66.7. The predicted molar refractivity (Wildman–Crippen MR) is 338 cm³/mol.